The molecule has 0 bridgehead atoms. The van der Waals surface area contributed by atoms with Gasteiger partial charge in [0.1, 0.15) is 5.82 Å². The number of nitrogens with zero attached hydrogens (tertiary/aromatic N) is 1. The molecular formula is C15H24N2. The average molecular weight is 232 g/mol. The fourth-order valence-electron chi connectivity index (χ4n) is 2.76. The highest BCUT2D eigenvalue weighted by molar-refractivity contribution is 5.42. The van der Waals surface area contributed by atoms with E-state index in [0.29, 0.717) is 0 Å². The van der Waals surface area contributed by atoms with Crippen molar-refractivity contribution in [3.63, 3.8) is 0 Å². The molecule has 1 aromatic heterocycles. The van der Waals surface area contributed by atoms with E-state index in [0.717, 1.165) is 24.2 Å². The van der Waals surface area contributed by atoms with Crippen molar-refractivity contribution < 1.29 is 0 Å². The number of hydrogen-bond donors (Lipinski definition) is 1. The molecule has 1 aromatic rings. The minimum atomic E-state index is 0.846. The Bertz CT molecular complexity index is 341. The van der Waals surface area contributed by atoms with Crippen molar-refractivity contribution in [2.75, 3.05) is 11.9 Å². The Hall–Kier alpha value is -1.05. The fraction of sp³-hybridized carbons (Fsp3) is 0.667. The molecule has 2 heteroatoms. The molecule has 17 heavy (non-hydrogen) atoms. The smallest absolute Gasteiger partial charge is 0.128 e. The number of aromatic nitrogens is 1. The van der Waals surface area contributed by atoms with Crippen LogP contribution in [0, 0.1) is 18.8 Å². The van der Waals surface area contributed by atoms with Crippen LogP contribution in [0.15, 0.2) is 18.3 Å². The standard InChI is InChI=1S/C15H24N2/c1-3-13-6-8-14(9-7-13)11-17-15-12(2)5-4-10-16-15/h4-5,10,13-14H,3,6-9,11H2,1-2H3,(H,16,17). The molecule has 0 saturated heterocycles. The molecule has 94 valence electrons. The summed E-state index contributed by atoms with van der Waals surface area (Å²) in [5.41, 5.74) is 1.25. The highest BCUT2D eigenvalue weighted by Crippen LogP contribution is 2.30. The zero-order valence-corrected chi connectivity index (χ0v) is 11.1. The summed E-state index contributed by atoms with van der Waals surface area (Å²) in [6.45, 7) is 5.53. The minimum Gasteiger partial charge on any atom is -0.370 e. The van der Waals surface area contributed by atoms with Crippen LogP contribution >= 0.6 is 0 Å². The second-order valence-corrected chi connectivity index (χ2v) is 5.34. The summed E-state index contributed by atoms with van der Waals surface area (Å²) in [5, 5.41) is 3.50. The Kier molecular flexibility index (Phi) is 4.41. The summed E-state index contributed by atoms with van der Waals surface area (Å²) in [7, 11) is 0. The molecule has 0 amide bonds. The maximum atomic E-state index is 4.38. The van der Waals surface area contributed by atoms with E-state index in [1.165, 1.54) is 37.7 Å². The summed E-state index contributed by atoms with van der Waals surface area (Å²) in [5.74, 6) is 2.90. The van der Waals surface area contributed by atoms with Gasteiger partial charge in [-0.2, -0.15) is 0 Å². The molecule has 2 rings (SSSR count). The Morgan fingerprint density at radius 3 is 2.59 bits per heavy atom. The van der Waals surface area contributed by atoms with E-state index in [-0.39, 0.29) is 0 Å². The van der Waals surface area contributed by atoms with Crippen molar-refractivity contribution >= 4 is 5.82 Å². The van der Waals surface area contributed by atoms with Crippen LogP contribution < -0.4 is 5.32 Å². The molecule has 2 nitrogen and oxygen atoms in total. The lowest BCUT2D eigenvalue weighted by molar-refractivity contribution is 0.278. The van der Waals surface area contributed by atoms with Gasteiger partial charge in [-0.25, -0.2) is 4.98 Å². The van der Waals surface area contributed by atoms with E-state index in [1.807, 2.05) is 12.3 Å². The number of rotatable bonds is 4. The fourth-order valence-corrected chi connectivity index (χ4v) is 2.76. The molecule has 0 aromatic carbocycles. The van der Waals surface area contributed by atoms with Crippen LogP contribution in [0.5, 0.6) is 0 Å². The number of pyridine rings is 1. The van der Waals surface area contributed by atoms with Gasteiger partial charge >= 0.3 is 0 Å². The first-order chi connectivity index (χ1) is 8.29. The first-order valence-corrected chi connectivity index (χ1v) is 6.95. The van der Waals surface area contributed by atoms with Crippen molar-refractivity contribution in [3.05, 3.63) is 23.9 Å². The van der Waals surface area contributed by atoms with Crippen LogP contribution in [-0.4, -0.2) is 11.5 Å². The number of anilines is 1. The van der Waals surface area contributed by atoms with Crippen molar-refractivity contribution in [2.24, 2.45) is 11.8 Å². The summed E-state index contributed by atoms with van der Waals surface area (Å²) in [6.07, 6.45) is 8.84. The summed E-state index contributed by atoms with van der Waals surface area (Å²) in [4.78, 5) is 4.38. The molecule has 1 heterocycles. The molecular weight excluding hydrogens is 208 g/mol. The van der Waals surface area contributed by atoms with Crippen LogP contribution in [0.1, 0.15) is 44.6 Å². The van der Waals surface area contributed by atoms with Gasteiger partial charge < -0.3 is 5.32 Å². The van der Waals surface area contributed by atoms with Crippen molar-refractivity contribution in [1.82, 2.24) is 4.98 Å². The van der Waals surface area contributed by atoms with Crippen LogP contribution in [-0.2, 0) is 0 Å². The van der Waals surface area contributed by atoms with Gasteiger partial charge in [-0.05, 0) is 43.2 Å². The van der Waals surface area contributed by atoms with E-state index in [1.54, 1.807) is 0 Å². The third-order valence-electron chi connectivity index (χ3n) is 4.11. The third-order valence-corrected chi connectivity index (χ3v) is 4.11. The first-order valence-electron chi connectivity index (χ1n) is 6.95. The molecule has 0 radical (unpaired) electrons. The van der Waals surface area contributed by atoms with E-state index >= 15 is 0 Å². The highest BCUT2D eigenvalue weighted by atomic mass is 15.0. The van der Waals surface area contributed by atoms with E-state index in [4.69, 9.17) is 0 Å². The normalized spacial score (nSPS) is 24.6. The molecule has 0 atom stereocenters. The second-order valence-electron chi connectivity index (χ2n) is 5.34. The van der Waals surface area contributed by atoms with Gasteiger partial charge in [-0.1, -0.05) is 32.3 Å². The first kappa shape index (κ1) is 12.4. The molecule has 1 aliphatic rings. The number of aryl methyl sites for hydroxylation is 1. The van der Waals surface area contributed by atoms with Gasteiger partial charge in [0.25, 0.3) is 0 Å². The van der Waals surface area contributed by atoms with Gasteiger partial charge in [-0.3, -0.25) is 0 Å². The molecule has 1 N–H and O–H groups in total. The van der Waals surface area contributed by atoms with E-state index in [2.05, 4.69) is 30.2 Å². The lowest BCUT2D eigenvalue weighted by Crippen LogP contribution is -2.21. The topological polar surface area (TPSA) is 24.9 Å². The van der Waals surface area contributed by atoms with Gasteiger partial charge in [0.05, 0.1) is 0 Å². The number of nitrogens with one attached hydrogen (secondary N) is 1. The van der Waals surface area contributed by atoms with Crippen LogP contribution in [0.2, 0.25) is 0 Å². The lowest BCUT2D eigenvalue weighted by Gasteiger charge is -2.28. The predicted molar refractivity (Wildman–Crippen MR) is 73.2 cm³/mol. The molecule has 0 unspecified atom stereocenters. The van der Waals surface area contributed by atoms with Crippen LogP contribution in [0.3, 0.4) is 0 Å². The summed E-state index contributed by atoms with van der Waals surface area (Å²) >= 11 is 0. The van der Waals surface area contributed by atoms with Crippen molar-refractivity contribution in [2.45, 2.75) is 46.0 Å². The van der Waals surface area contributed by atoms with Crippen LogP contribution in [0.25, 0.3) is 0 Å². The zero-order chi connectivity index (χ0) is 12.1. The van der Waals surface area contributed by atoms with Gasteiger partial charge in [0.15, 0.2) is 0 Å². The molecule has 1 aliphatic carbocycles. The highest BCUT2D eigenvalue weighted by Gasteiger charge is 2.19. The minimum absolute atomic E-state index is 0.846. The Morgan fingerprint density at radius 1 is 1.24 bits per heavy atom. The monoisotopic (exact) mass is 232 g/mol. The SMILES string of the molecule is CCC1CCC(CNc2ncccc2C)CC1. The predicted octanol–water partition coefficient (Wildman–Crippen LogP) is 4.02. The summed E-state index contributed by atoms with van der Waals surface area (Å²) in [6, 6.07) is 4.11. The molecule has 1 saturated carbocycles. The number of hydrogen-bond acceptors (Lipinski definition) is 2. The van der Waals surface area contributed by atoms with Crippen LogP contribution in [0.4, 0.5) is 5.82 Å². The van der Waals surface area contributed by atoms with Gasteiger partial charge in [0.2, 0.25) is 0 Å². The van der Waals surface area contributed by atoms with E-state index < -0.39 is 0 Å². The molecule has 0 spiro atoms. The molecule has 0 aliphatic heterocycles. The van der Waals surface area contributed by atoms with Gasteiger partial charge in [0, 0.05) is 12.7 Å². The Labute approximate surface area is 105 Å². The Morgan fingerprint density at radius 2 is 1.94 bits per heavy atom. The van der Waals surface area contributed by atoms with E-state index in [9.17, 15) is 0 Å². The van der Waals surface area contributed by atoms with Gasteiger partial charge in [-0.15, -0.1) is 0 Å². The maximum absolute atomic E-state index is 4.38. The summed E-state index contributed by atoms with van der Waals surface area (Å²) < 4.78 is 0. The van der Waals surface area contributed by atoms with Crippen molar-refractivity contribution in [1.29, 1.82) is 0 Å². The average Bonchev–Trinajstić information content (AvgIpc) is 2.38. The maximum Gasteiger partial charge on any atom is 0.128 e. The third kappa shape index (κ3) is 3.45. The lowest BCUT2D eigenvalue weighted by atomic mass is 9.81. The molecule has 1 fully saturated rings. The Balaban J connectivity index is 1.78. The quantitative estimate of drug-likeness (QED) is 0.848. The second kappa shape index (κ2) is 6.04. The van der Waals surface area contributed by atoms with Crippen molar-refractivity contribution in [3.8, 4) is 0 Å². The zero-order valence-electron chi connectivity index (χ0n) is 11.1. The largest absolute Gasteiger partial charge is 0.370 e.